The van der Waals surface area contributed by atoms with Crippen LogP contribution < -0.4 is 14.7 Å². The first-order chi connectivity index (χ1) is 12.4. The molecule has 0 aromatic carbocycles. The molecule has 0 radical (unpaired) electrons. The van der Waals surface area contributed by atoms with E-state index in [9.17, 15) is 0 Å². The Bertz CT molecular complexity index is 518. The third-order valence-corrected chi connectivity index (χ3v) is 4.79. The molecule has 0 bridgehead atoms. The van der Waals surface area contributed by atoms with Crippen molar-refractivity contribution >= 4 is 17.3 Å². The summed E-state index contributed by atoms with van der Waals surface area (Å²) in [6.45, 7) is 26.6. The second-order valence-electron chi connectivity index (χ2n) is 9.07. The van der Waals surface area contributed by atoms with Crippen molar-refractivity contribution in [2.75, 3.05) is 14.7 Å². The topological polar surface area (TPSA) is 48.4 Å². The molecule has 6 nitrogen and oxygen atoms in total. The lowest BCUT2D eigenvalue weighted by molar-refractivity contribution is 0.555. The quantitative estimate of drug-likeness (QED) is 0.618. The van der Waals surface area contributed by atoms with Gasteiger partial charge in [0.05, 0.1) is 0 Å². The van der Waals surface area contributed by atoms with Crippen LogP contribution in [-0.2, 0) is 0 Å². The Morgan fingerprint density at radius 2 is 0.704 bits per heavy atom. The van der Waals surface area contributed by atoms with Crippen LogP contribution in [0.5, 0.6) is 0 Å². The van der Waals surface area contributed by atoms with E-state index in [1.165, 1.54) is 0 Å². The van der Waals surface area contributed by atoms with Gasteiger partial charge in [0.25, 0.3) is 0 Å². The molecule has 0 saturated carbocycles. The molecular formula is C21H42N6. The minimum atomic E-state index is 0.320. The fraction of sp³-hybridized carbons (Fsp3) is 0.857. The van der Waals surface area contributed by atoms with Gasteiger partial charge >= 0.3 is 0 Å². The fourth-order valence-electron chi connectivity index (χ4n) is 4.16. The Balaban J connectivity index is 3.87. The summed E-state index contributed by atoms with van der Waals surface area (Å²) in [4.78, 5) is 7.14. The molecule has 0 atom stereocenters. The molecule has 0 saturated heterocycles. The van der Waals surface area contributed by atoms with E-state index in [0.717, 1.165) is 17.3 Å². The molecule has 0 spiro atoms. The molecule has 0 aliphatic carbocycles. The molecule has 1 aromatic rings. The lowest BCUT2D eigenvalue weighted by Gasteiger charge is -2.42. The summed E-state index contributed by atoms with van der Waals surface area (Å²) in [6, 6.07) is 1.94. The highest BCUT2D eigenvalue weighted by atomic mass is 15.4. The van der Waals surface area contributed by atoms with E-state index in [1.807, 2.05) is 0 Å². The van der Waals surface area contributed by atoms with E-state index < -0.39 is 0 Å². The number of anilines is 3. The van der Waals surface area contributed by atoms with Crippen LogP contribution in [0.3, 0.4) is 0 Å². The van der Waals surface area contributed by atoms with Gasteiger partial charge in [-0.15, -0.1) is 10.2 Å². The van der Waals surface area contributed by atoms with Crippen LogP contribution in [0.4, 0.5) is 17.3 Å². The summed E-state index contributed by atoms with van der Waals surface area (Å²) >= 11 is 0. The Morgan fingerprint density at radius 3 is 0.926 bits per heavy atom. The molecule has 0 aliphatic rings. The average molecular weight is 379 g/mol. The SMILES string of the molecule is CC(C)N(c1nnnc(N(C(C)C)C(C)C)c1N(C(C)C)C(C)C)C(C)C. The zero-order valence-electron chi connectivity index (χ0n) is 19.6. The molecule has 0 unspecified atom stereocenters. The van der Waals surface area contributed by atoms with Gasteiger partial charge in [-0.2, -0.15) is 0 Å². The normalized spacial score (nSPS) is 12.2. The maximum Gasteiger partial charge on any atom is 0.181 e. The molecule has 1 heterocycles. The van der Waals surface area contributed by atoms with Crippen LogP contribution in [0, 0.1) is 0 Å². The molecule has 0 amide bonds. The van der Waals surface area contributed by atoms with Gasteiger partial charge in [0, 0.05) is 36.3 Å². The van der Waals surface area contributed by atoms with Crippen molar-refractivity contribution in [3.8, 4) is 0 Å². The molecular weight excluding hydrogens is 336 g/mol. The molecule has 6 heteroatoms. The summed E-state index contributed by atoms with van der Waals surface area (Å²) < 4.78 is 0. The van der Waals surface area contributed by atoms with E-state index in [4.69, 9.17) is 0 Å². The highest BCUT2D eigenvalue weighted by molar-refractivity contribution is 5.80. The standard InChI is InChI=1S/C21H42N6/c1-13(2)25(14(3)4)19-20(26(15(5)6)16(7)8)22-24-23-21(19)27(17(9)10)18(11)12/h13-18H,1-12H3. The zero-order chi connectivity index (χ0) is 21.0. The van der Waals surface area contributed by atoms with Crippen LogP contribution >= 0.6 is 0 Å². The van der Waals surface area contributed by atoms with Gasteiger partial charge in [0.15, 0.2) is 11.6 Å². The minimum absolute atomic E-state index is 0.320. The van der Waals surface area contributed by atoms with Gasteiger partial charge in [0.1, 0.15) is 5.69 Å². The number of aromatic nitrogens is 3. The third kappa shape index (κ3) is 5.23. The van der Waals surface area contributed by atoms with Crippen molar-refractivity contribution < 1.29 is 0 Å². The first-order valence-corrected chi connectivity index (χ1v) is 10.5. The summed E-state index contributed by atoms with van der Waals surface area (Å²) in [7, 11) is 0. The number of rotatable bonds is 9. The zero-order valence-corrected chi connectivity index (χ0v) is 19.6. The monoisotopic (exact) mass is 378 g/mol. The van der Waals surface area contributed by atoms with E-state index in [1.54, 1.807) is 0 Å². The molecule has 156 valence electrons. The van der Waals surface area contributed by atoms with Gasteiger partial charge in [-0.3, -0.25) is 0 Å². The molecule has 0 fully saturated rings. The largest absolute Gasteiger partial charge is 0.361 e. The van der Waals surface area contributed by atoms with Gasteiger partial charge in [-0.05, 0) is 88.3 Å². The first kappa shape index (κ1) is 23.4. The fourth-order valence-corrected chi connectivity index (χ4v) is 4.16. The second kappa shape index (κ2) is 9.56. The van der Waals surface area contributed by atoms with E-state index >= 15 is 0 Å². The molecule has 1 aromatic heterocycles. The lowest BCUT2D eigenvalue weighted by atomic mass is 10.1. The maximum atomic E-state index is 4.57. The lowest BCUT2D eigenvalue weighted by Crippen LogP contribution is -2.45. The van der Waals surface area contributed by atoms with Crippen LogP contribution in [0.25, 0.3) is 0 Å². The Kier molecular flexibility index (Phi) is 8.30. The smallest absolute Gasteiger partial charge is 0.181 e. The molecule has 1 rings (SSSR count). The average Bonchev–Trinajstić information content (AvgIpc) is 2.47. The van der Waals surface area contributed by atoms with Crippen molar-refractivity contribution in [3.63, 3.8) is 0 Å². The molecule has 27 heavy (non-hydrogen) atoms. The summed E-state index contributed by atoms with van der Waals surface area (Å²) in [5.41, 5.74) is 1.10. The third-order valence-electron chi connectivity index (χ3n) is 4.79. The van der Waals surface area contributed by atoms with Crippen molar-refractivity contribution in [2.24, 2.45) is 0 Å². The summed E-state index contributed by atoms with van der Waals surface area (Å²) in [5.74, 6) is 1.86. The van der Waals surface area contributed by atoms with E-state index in [2.05, 4.69) is 113 Å². The van der Waals surface area contributed by atoms with E-state index in [0.29, 0.717) is 36.3 Å². The highest BCUT2D eigenvalue weighted by Crippen LogP contribution is 2.40. The Morgan fingerprint density at radius 1 is 0.444 bits per heavy atom. The number of hydrogen-bond donors (Lipinski definition) is 0. The maximum absolute atomic E-state index is 4.57. The Hall–Kier alpha value is -1.59. The molecule has 0 aliphatic heterocycles. The van der Waals surface area contributed by atoms with Crippen LogP contribution in [0.1, 0.15) is 83.1 Å². The van der Waals surface area contributed by atoms with Crippen LogP contribution in [0.2, 0.25) is 0 Å². The first-order valence-electron chi connectivity index (χ1n) is 10.5. The van der Waals surface area contributed by atoms with Crippen molar-refractivity contribution in [1.29, 1.82) is 0 Å². The van der Waals surface area contributed by atoms with Gasteiger partial charge in [0.2, 0.25) is 0 Å². The van der Waals surface area contributed by atoms with Gasteiger partial charge in [-0.1, -0.05) is 0 Å². The summed E-state index contributed by atoms with van der Waals surface area (Å²) in [5, 5.41) is 13.3. The van der Waals surface area contributed by atoms with Crippen molar-refractivity contribution in [3.05, 3.63) is 0 Å². The van der Waals surface area contributed by atoms with Gasteiger partial charge < -0.3 is 14.7 Å². The van der Waals surface area contributed by atoms with Crippen molar-refractivity contribution in [2.45, 2.75) is 119 Å². The number of nitrogens with zero attached hydrogens (tertiary/aromatic N) is 6. The second-order valence-corrected chi connectivity index (χ2v) is 9.07. The minimum Gasteiger partial charge on any atom is -0.361 e. The number of hydrogen-bond acceptors (Lipinski definition) is 6. The molecule has 0 N–H and O–H groups in total. The highest BCUT2D eigenvalue weighted by Gasteiger charge is 2.32. The predicted molar refractivity (Wildman–Crippen MR) is 118 cm³/mol. The predicted octanol–water partition coefficient (Wildman–Crippen LogP) is 4.74. The van der Waals surface area contributed by atoms with Crippen LogP contribution in [-0.4, -0.2) is 51.7 Å². The van der Waals surface area contributed by atoms with Gasteiger partial charge in [-0.25, -0.2) is 0 Å². The van der Waals surface area contributed by atoms with E-state index in [-0.39, 0.29) is 0 Å². The van der Waals surface area contributed by atoms with Crippen LogP contribution in [0.15, 0.2) is 0 Å². The van der Waals surface area contributed by atoms with Crippen molar-refractivity contribution in [1.82, 2.24) is 15.4 Å². The Labute approximate surface area is 167 Å². The summed E-state index contributed by atoms with van der Waals surface area (Å²) in [6.07, 6.45) is 0.